The molecule has 5 nitrogen and oxygen atoms in total. The molecule has 2 rings (SSSR count). The monoisotopic (exact) mass is 322 g/mol. The minimum Gasteiger partial charge on any atom is -0.478 e. The van der Waals surface area contributed by atoms with Crippen LogP contribution in [0.3, 0.4) is 0 Å². The van der Waals surface area contributed by atoms with Gasteiger partial charge in [0.15, 0.2) is 0 Å². The quantitative estimate of drug-likeness (QED) is 0.799. The van der Waals surface area contributed by atoms with Crippen molar-refractivity contribution >= 4 is 29.3 Å². The lowest BCUT2D eigenvalue weighted by Gasteiger charge is -2.21. The van der Waals surface area contributed by atoms with Gasteiger partial charge in [-0.1, -0.05) is 11.6 Å². The topological polar surface area (TPSA) is 78.4 Å². The third-order valence-electron chi connectivity index (χ3n) is 3.11. The molecule has 3 N–H and O–H groups in total. The minimum atomic E-state index is -4.55. The van der Waals surface area contributed by atoms with Crippen molar-refractivity contribution in [3.8, 4) is 0 Å². The molecule has 0 atom stereocenters. The Morgan fingerprint density at radius 2 is 1.90 bits per heavy atom. The summed E-state index contributed by atoms with van der Waals surface area (Å²) in [4.78, 5) is 22.6. The van der Waals surface area contributed by atoms with Gasteiger partial charge in [0.05, 0.1) is 11.3 Å². The van der Waals surface area contributed by atoms with Gasteiger partial charge in [0, 0.05) is 5.02 Å². The molecule has 0 aliphatic heterocycles. The molecule has 0 radical (unpaired) electrons. The van der Waals surface area contributed by atoms with Crippen LogP contribution >= 0.6 is 11.6 Å². The largest absolute Gasteiger partial charge is 0.478 e. The number of carboxylic acids is 1. The highest BCUT2D eigenvalue weighted by Gasteiger charge is 2.64. The van der Waals surface area contributed by atoms with E-state index in [-0.39, 0.29) is 29.1 Å². The average molecular weight is 323 g/mol. The third-order valence-corrected chi connectivity index (χ3v) is 3.34. The standard InChI is InChI=1S/C12H10ClF3N2O3/c13-6-1-2-7(9(19)20)8(5-6)17-10(21)18-11(3-4-11)12(14,15)16/h1-2,5H,3-4H2,(H,19,20)(H2,17,18,21). The van der Waals surface area contributed by atoms with Crippen LogP contribution in [0.2, 0.25) is 5.02 Å². The van der Waals surface area contributed by atoms with Crippen molar-refractivity contribution in [2.24, 2.45) is 0 Å². The maximum atomic E-state index is 12.7. The number of carbonyl (C=O) groups excluding carboxylic acids is 1. The van der Waals surface area contributed by atoms with Crippen LogP contribution in [0, 0.1) is 0 Å². The highest BCUT2D eigenvalue weighted by Crippen LogP contribution is 2.48. The zero-order valence-electron chi connectivity index (χ0n) is 10.4. The number of hydrogen-bond acceptors (Lipinski definition) is 2. The molecule has 0 spiro atoms. The van der Waals surface area contributed by atoms with Crippen molar-refractivity contribution in [1.29, 1.82) is 0 Å². The number of urea groups is 1. The fourth-order valence-electron chi connectivity index (χ4n) is 1.78. The Morgan fingerprint density at radius 1 is 1.29 bits per heavy atom. The van der Waals surface area contributed by atoms with Crippen molar-refractivity contribution in [3.63, 3.8) is 0 Å². The Bertz CT molecular complexity index is 600. The summed E-state index contributed by atoms with van der Waals surface area (Å²) in [5, 5.41) is 13.0. The first-order valence-electron chi connectivity index (χ1n) is 5.83. The van der Waals surface area contributed by atoms with E-state index in [1.807, 2.05) is 5.32 Å². The van der Waals surface area contributed by atoms with Gasteiger partial charge in [-0.2, -0.15) is 13.2 Å². The fraction of sp³-hybridized carbons (Fsp3) is 0.333. The lowest BCUT2D eigenvalue weighted by Crippen LogP contribution is -2.49. The summed E-state index contributed by atoms with van der Waals surface area (Å²) in [5.74, 6) is -1.33. The Morgan fingerprint density at radius 3 is 2.38 bits per heavy atom. The number of alkyl halides is 3. The van der Waals surface area contributed by atoms with Crippen molar-refractivity contribution in [2.45, 2.75) is 24.6 Å². The van der Waals surface area contributed by atoms with Crippen molar-refractivity contribution < 1.29 is 27.9 Å². The second-order valence-electron chi connectivity index (χ2n) is 4.65. The van der Waals surface area contributed by atoms with E-state index in [2.05, 4.69) is 5.32 Å². The first-order chi connectivity index (χ1) is 9.64. The Kier molecular flexibility index (Phi) is 3.75. The molecule has 0 aromatic heterocycles. The van der Waals surface area contributed by atoms with E-state index in [1.54, 1.807) is 0 Å². The van der Waals surface area contributed by atoms with Crippen LogP contribution in [0.15, 0.2) is 18.2 Å². The van der Waals surface area contributed by atoms with Crippen molar-refractivity contribution in [1.82, 2.24) is 5.32 Å². The van der Waals surface area contributed by atoms with E-state index in [9.17, 15) is 22.8 Å². The molecule has 9 heteroatoms. The summed E-state index contributed by atoms with van der Waals surface area (Å²) in [5.41, 5.74) is -2.67. The van der Waals surface area contributed by atoms with Crippen LogP contribution in [0.1, 0.15) is 23.2 Å². The summed E-state index contributed by atoms with van der Waals surface area (Å²) in [6, 6.07) is 2.47. The summed E-state index contributed by atoms with van der Waals surface area (Å²) >= 11 is 5.68. The molecule has 0 saturated heterocycles. The number of benzene rings is 1. The molecular formula is C12H10ClF3N2O3. The van der Waals surface area contributed by atoms with Crippen LogP contribution in [-0.2, 0) is 0 Å². The summed E-state index contributed by atoms with van der Waals surface area (Å²) in [6.45, 7) is 0. The Labute approximate surface area is 122 Å². The zero-order valence-corrected chi connectivity index (χ0v) is 11.2. The molecule has 1 fully saturated rings. The fourth-order valence-corrected chi connectivity index (χ4v) is 1.95. The van der Waals surface area contributed by atoms with Crippen LogP contribution < -0.4 is 10.6 Å². The molecule has 0 unspecified atom stereocenters. The molecule has 1 aliphatic carbocycles. The van der Waals surface area contributed by atoms with Gasteiger partial charge < -0.3 is 15.7 Å². The van der Waals surface area contributed by atoms with Crippen molar-refractivity contribution in [3.05, 3.63) is 28.8 Å². The van der Waals surface area contributed by atoms with Crippen molar-refractivity contribution in [2.75, 3.05) is 5.32 Å². The van der Waals surface area contributed by atoms with E-state index in [0.29, 0.717) is 0 Å². The second kappa shape index (κ2) is 5.10. The van der Waals surface area contributed by atoms with Gasteiger partial charge in [-0.15, -0.1) is 0 Å². The molecule has 1 aliphatic rings. The number of hydrogen-bond donors (Lipinski definition) is 3. The molecule has 2 amide bonds. The predicted octanol–water partition coefficient (Wildman–Crippen LogP) is 3.25. The molecule has 114 valence electrons. The second-order valence-corrected chi connectivity index (χ2v) is 5.09. The van der Waals surface area contributed by atoms with Crippen LogP contribution in [0.5, 0.6) is 0 Å². The minimum absolute atomic E-state index is 0.146. The molecular weight excluding hydrogens is 313 g/mol. The number of halogens is 4. The number of aromatic carboxylic acids is 1. The molecule has 1 aromatic carbocycles. The van der Waals surface area contributed by atoms with Crippen LogP contribution in [0.25, 0.3) is 0 Å². The lowest BCUT2D eigenvalue weighted by atomic mass is 10.2. The van der Waals surface area contributed by atoms with Gasteiger partial charge in [0.25, 0.3) is 0 Å². The van der Waals surface area contributed by atoms with Gasteiger partial charge in [0.2, 0.25) is 0 Å². The number of amides is 2. The van der Waals surface area contributed by atoms with Gasteiger partial charge in [-0.25, -0.2) is 9.59 Å². The van der Waals surface area contributed by atoms with Gasteiger partial charge in [-0.05, 0) is 31.0 Å². The van der Waals surface area contributed by atoms with E-state index in [1.165, 1.54) is 6.07 Å². The Hall–Kier alpha value is -1.96. The maximum absolute atomic E-state index is 12.7. The lowest BCUT2D eigenvalue weighted by molar-refractivity contribution is -0.162. The summed E-state index contributed by atoms with van der Waals surface area (Å²) < 4.78 is 38.1. The predicted molar refractivity (Wildman–Crippen MR) is 68.6 cm³/mol. The van der Waals surface area contributed by atoms with Gasteiger partial charge in [0.1, 0.15) is 5.54 Å². The van der Waals surface area contributed by atoms with E-state index in [4.69, 9.17) is 16.7 Å². The summed E-state index contributed by atoms with van der Waals surface area (Å²) in [6.07, 6.45) is -4.95. The average Bonchev–Trinajstić information content (AvgIpc) is 3.08. The molecule has 0 heterocycles. The third kappa shape index (κ3) is 3.21. The highest BCUT2D eigenvalue weighted by atomic mass is 35.5. The highest BCUT2D eigenvalue weighted by molar-refractivity contribution is 6.31. The zero-order chi connectivity index (χ0) is 15.8. The smallest absolute Gasteiger partial charge is 0.411 e. The number of anilines is 1. The molecule has 1 aromatic rings. The number of carbonyl (C=O) groups is 2. The first kappa shape index (κ1) is 15.4. The molecule has 1 saturated carbocycles. The van der Waals surface area contributed by atoms with Crippen LogP contribution in [0.4, 0.5) is 23.7 Å². The van der Waals surface area contributed by atoms with E-state index in [0.717, 1.165) is 12.1 Å². The summed E-state index contributed by atoms with van der Waals surface area (Å²) in [7, 11) is 0. The van der Waals surface area contributed by atoms with Crippen LogP contribution in [-0.4, -0.2) is 28.8 Å². The first-order valence-corrected chi connectivity index (χ1v) is 6.21. The molecule has 21 heavy (non-hydrogen) atoms. The van der Waals surface area contributed by atoms with Gasteiger partial charge in [-0.3, -0.25) is 0 Å². The van der Waals surface area contributed by atoms with E-state index >= 15 is 0 Å². The van der Waals surface area contributed by atoms with E-state index < -0.39 is 23.7 Å². The normalized spacial score (nSPS) is 16.2. The molecule has 0 bridgehead atoms. The SMILES string of the molecule is O=C(Nc1cc(Cl)ccc1C(=O)O)NC1(C(F)(F)F)CC1. The number of carboxylic acid groups (broad SMARTS) is 1. The van der Waals surface area contributed by atoms with Gasteiger partial charge >= 0.3 is 18.2 Å². The Balaban J connectivity index is 2.14. The maximum Gasteiger partial charge on any atom is 0.411 e. The number of nitrogens with one attached hydrogen (secondary N) is 2. The number of rotatable bonds is 3.